The Morgan fingerprint density at radius 1 is 1.12 bits per heavy atom. The number of carbonyl (C=O) groups excluding carboxylic acids is 1. The molecular weight excluding hydrogens is 434 g/mol. The van der Waals surface area contributed by atoms with E-state index in [9.17, 15) is 14.7 Å². The van der Waals surface area contributed by atoms with Crippen molar-refractivity contribution < 1.29 is 23.8 Å². The van der Waals surface area contributed by atoms with Gasteiger partial charge in [-0.05, 0) is 75.6 Å². The summed E-state index contributed by atoms with van der Waals surface area (Å²) in [5.74, 6) is 1.14. The highest BCUT2D eigenvalue weighted by Crippen LogP contribution is 2.44. The molecule has 0 saturated carbocycles. The third-order valence-corrected chi connectivity index (χ3v) is 6.66. The molecule has 178 valence electrons. The van der Waals surface area contributed by atoms with Crippen LogP contribution >= 0.6 is 0 Å². The monoisotopic (exact) mass is 463 g/mol. The maximum atomic E-state index is 12.6. The smallest absolute Gasteiger partial charge is 0.339 e. The first-order valence-electron chi connectivity index (χ1n) is 11.8. The predicted molar refractivity (Wildman–Crippen MR) is 128 cm³/mol. The Labute approximate surface area is 197 Å². The van der Waals surface area contributed by atoms with Crippen molar-refractivity contribution in [3.8, 4) is 17.2 Å². The second-order valence-electron chi connectivity index (χ2n) is 9.67. The number of ether oxygens (including phenoxy) is 2. The number of rotatable bonds is 6. The number of amides is 1. The van der Waals surface area contributed by atoms with Crippen LogP contribution < -0.4 is 20.4 Å². The fraction of sp³-hybridized carbons (Fsp3) is 0.407. The third-order valence-electron chi connectivity index (χ3n) is 6.66. The van der Waals surface area contributed by atoms with Crippen molar-refractivity contribution in [3.63, 3.8) is 0 Å². The topological polar surface area (TPSA) is 98.0 Å². The molecule has 0 saturated heterocycles. The van der Waals surface area contributed by atoms with Crippen LogP contribution in [0.1, 0.15) is 48.9 Å². The van der Waals surface area contributed by atoms with Gasteiger partial charge in [0.15, 0.2) is 6.61 Å². The molecule has 1 aliphatic heterocycles. The molecule has 2 aliphatic rings. The van der Waals surface area contributed by atoms with Crippen molar-refractivity contribution in [2.24, 2.45) is 0 Å². The maximum Gasteiger partial charge on any atom is 0.339 e. The minimum absolute atomic E-state index is 0.152. The molecule has 2 heterocycles. The molecule has 2 N–H and O–H groups in total. The van der Waals surface area contributed by atoms with E-state index in [1.807, 2.05) is 32.0 Å². The van der Waals surface area contributed by atoms with Crippen LogP contribution in [0.2, 0.25) is 0 Å². The predicted octanol–water partition coefficient (Wildman–Crippen LogP) is 3.83. The van der Waals surface area contributed by atoms with E-state index in [-0.39, 0.29) is 29.5 Å². The van der Waals surface area contributed by atoms with Crippen molar-refractivity contribution >= 4 is 16.9 Å². The van der Waals surface area contributed by atoms with Gasteiger partial charge in [-0.15, -0.1) is 0 Å². The van der Waals surface area contributed by atoms with Crippen LogP contribution in [0.15, 0.2) is 39.5 Å². The van der Waals surface area contributed by atoms with E-state index < -0.39 is 0 Å². The highest BCUT2D eigenvalue weighted by molar-refractivity contribution is 5.93. The number of aryl methyl sites for hydroxylation is 2. The van der Waals surface area contributed by atoms with Gasteiger partial charge in [-0.3, -0.25) is 4.79 Å². The lowest BCUT2D eigenvalue weighted by Gasteiger charge is -2.33. The van der Waals surface area contributed by atoms with Crippen LogP contribution in [-0.4, -0.2) is 29.8 Å². The molecule has 1 aromatic heterocycles. The lowest BCUT2D eigenvalue weighted by atomic mass is 9.91. The molecule has 1 aliphatic carbocycles. The van der Waals surface area contributed by atoms with Gasteiger partial charge < -0.3 is 24.3 Å². The van der Waals surface area contributed by atoms with Gasteiger partial charge in [-0.25, -0.2) is 4.79 Å². The highest BCUT2D eigenvalue weighted by atomic mass is 16.5. The van der Waals surface area contributed by atoms with Gasteiger partial charge >= 0.3 is 5.63 Å². The summed E-state index contributed by atoms with van der Waals surface area (Å²) in [4.78, 5) is 25.1. The fourth-order valence-electron chi connectivity index (χ4n) is 4.87. The SMILES string of the molecule is CC1(C)CCc2c(cc(OCC(=O)NCCc3ccc(O)cc3)c3c4c(c(=O)oc23)CCC4)O1. The largest absolute Gasteiger partial charge is 0.508 e. The summed E-state index contributed by atoms with van der Waals surface area (Å²) in [6.07, 6.45) is 4.60. The van der Waals surface area contributed by atoms with E-state index in [1.165, 1.54) is 0 Å². The Hall–Kier alpha value is -3.48. The number of hydrogen-bond acceptors (Lipinski definition) is 6. The summed E-state index contributed by atoms with van der Waals surface area (Å²) in [5, 5.41) is 13.0. The van der Waals surface area contributed by atoms with Gasteiger partial charge in [-0.1, -0.05) is 12.1 Å². The lowest BCUT2D eigenvalue weighted by Crippen LogP contribution is -2.33. The van der Waals surface area contributed by atoms with Gasteiger partial charge in [-0.2, -0.15) is 0 Å². The highest BCUT2D eigenvalue weighted by Gasteiger charge is 2.32. The van der Waals surface area contributed by atoms with E-state index in [0.717, 1.165) is 47.8 Å². The molecule has 2 aromatic carbocycles. The average Bonchev–Trinajstić information content (AvgIpc) is 3.28. The van der Waals surface area contributed by atoms with Crippen LogP contribution in [0.5, 0.6) is 17.2 Å². The molecule has 7 heteroatoms. The molecule has 0 spiro atoms. The fourth-order valence-corrected chi connectivity index (χ4v) is 4.87. The number of nitrogens with one attached hydrogen (secondary N) is 1. The normalized spacial score (nSPS) is 15.9. The molecule has 5 rings (SSSR count). The summed E-state index contributed by atoms with van der Waals surface area (Å²) in [7, 11) is 0. The summed E-state index contributed by atoms with van der Waals surface area (Å²) in [6, 6.07) is 8.75. The van der Waals surface area contributed by atoms with Crippen molar-refractivity contribution in [1.82, 2.24) is 5.32 Å². The summed E-state index contributed by atoms with van der Waals surface area (Å²) in [5.41, 5.74) is 3.52. The zero-order valence-electron chi connectivity index (χ0n) is 19.5. The number of aromatic hydroxyl groups is 1. The van der Waals surface area contributed by atoms with Gasteiger partial charge in [0, 0.05) is 23.7 Å². The standard InChI is InChI=1S/C27H29NO6/c1-27(2)12-10-20-21(34-27)14-22(24-18-4-3-5-19(18)26(31)33-25(20)24)32-15-23(30)28-13-11-16-6-8-17(29)9-7-16/h6-9,14,29H,3-5,10-13,15H2,1-2H3,(H,28,30). The molecule has 0 radical (unpaired) electrons. The molecule has 34 heavy (non-hydrogen) atoms. The molecule has 0 atom stereocenters. The average molecular weight is 464 g/mol. The second-order valence-corrected chi connectivity index (χ2v) is 9.67. The number of benzene rings is 2. The van der Waals surface area contributed by atoms with Crippen LogP contribution in [0, 0.1) is 0 Å². The first-order chi connectivity index (χ1) is 16.3. The minimum Gasteiger partial charge on any atom is -0.508 e. The van der Waals surface area contributed by atoms with E-state index in [4.69, 9.17) is 13.9 Å². The summed E-state index contributed by atoms with van der Waals surface area (Å²) < 4.78 is 18.0. The van der Waals surface area contributed by atoms with Gasteiger partial charge in [0.1, 0.15) is 28.4 Å². The Kier molecular flexibility index (Phi) is 5.71. The molecule has 0 fully saturated rings. The maximum absolute atomic E-state index is 12.6. The Morgan fingerprint density at radius 2 is 1.88 bits per heavy atom. The van der Waals surface area contributed by atoms with Crippen LogP contribution in [0.3, 0.4) is 0 Å². The Balaban J connectivity index is 1.38. The zero-order chi connectivity index (χ0) is 23.9. The lowest BCUT2D eigenvalue weighted by molar-refractivity contribution is -0.123. The third kappa shape index (κ3) is 4.34. The van der Waals surface area contributed by atoms with Crippen molar-refractivity contribution in [2.75, 3.05) is 13.2 Å². The Morgan fingerprint density at radius 3 is 2.68 bits per heavy atom. The summed E-state index contributed by atoms with van der Waals surface area (Å²) >= 11 is 0. The van der Waals surface area contributed by atoms with E-state index >= 15 is 0 Å². The van der Waals surface area contributed by atoms with Crippen LogP contribution in [0.25, 0.3) is 11.0 Å². The number of fused-ring (bicyclic) bond motifs is 5. The molecule has 0 bridgehead atoms. The number of phenolic OH excluding ortho intramolecular Hbond substituents is 1. The molecule has 7 nitrogen and oxygen atoms in total. The number of phenols is 1. The van der Waals surface area contributed by atoms with E-state index in [2.05, 4.69) is 5.32 Å². The van der Waals surface area contributed by atoms with Crippen molar-refractivity contribution in [3.05, 3.63) is 63.0 Å². The van der Waals surface area contributed by atoms with Crippen molar-refractivity contribution in [1.29, 1.82) is 0 Å². The first-order valence-corrected chi connectivity index (χ1v) is 11.8. The molecule has 0 unspecified atom stereocenters. The van der Waals surface area contributed by atoms with Gasteiger partial charge in [0.05, 0.1) is 5.39 Å². The van der Waals surface area contributed by atoms with Crippen LogP contribution in [0.4, 0.5) is 0 Å². The quantitative estimate of drug-likeness (QED) is 0.539. The van der Waals surface area contributed by atoms with E-state index in [1.54, 1.807) is 12.1 Å². The molecular formula is C27H29NO6. The number of hydrogen-bond donors (Lipinski definition) is 2. The minimum atomic E-state index is -0.333. The Bertz CT molecular complexity index is 1310. The first kappa shape index (κ1) is 22.3. The van der Waals surface area contributed by atoms with Gasteiger partial charge in [0.25, 0.3) is 5.91 Å². The van der Waals surface area contributed by atoms with E-state index in [0.29, 0.717) is 42.0 Å². The second kappa shape index (κ2) is 8.70. The van der Waals surface area contributed by atoms with Gasteiger partial charge in [0.2, 0.25) is 0 Å². The zero-order valence-corrected chi connectivity index (χ0v) is 19.5. The number of carbonyl (C=O) groups is 1. The van der Waals surface area contributed by atoms with Crippen LogP contribution in [-0.2, 0) is 30.5 Å². The molecule has 3 aromatic rings. The summed E-state index contributed by atoms with van der Waals surface area (Å²) in [6.45, 7) is 4.36. The molecule has 1 amide bonds. The van der Waals surface area contributed by atoms with Crippen molar-refractivity contribution in [2.45, 2.75) is 58.0 Å².